The van der Waals surface area contributed by atoms with Crippen LogP contribution >= 0.6 is 0 Å². The molecule has 1 aromatic heterocycles. The first-order valence-electron chi connectivity index (χ1n) is 9.13. The molecule has 3 aromatic rings. The van der Waals surface area contributed by atoms with E-state index in [0.29, 0.717) is 24.5 Å². The Morgan fingerprint density at radius 3 is 2.61 bits per heavy atom. The van der Waals surface area contributed by atoms with E-state index in [1.54, 1.807) is 19.1 Å². The molecule has 2 aromatic carbocycles. The van der Waals surface area contributed by atoms with E-state index in [0.717, 1.165) is 16.5 Å². The van der Waals surface area contributed by atoms with Gasteiger partial charge in [0.25, 0.3) is 0 Å². The standard InChI is InChI=1S/C22H22O6/c1-3-25-11-12-26-22(24)15(2)27-17-9-10-18-19(16-7-5-4-6-8-16)14-21(23)28-20(18)13-17/h4-10,13-15H,3,11-12H2,1-2H3/t15-/m0/s1. The fraction of sp³-hybridized carbons (Fsp3) is 0.273. The lowest BCUT2D eigenvalue weighted by Gasteiger charge is -2.14. The monoisotopic (exact) mass is 382 g/mol. The van der Waals surface area contributed by atoms with Crippen molar-refractivity contribution in [1.82, 2.24) is 0 Å². The molecule has 28 heavy (non-hydrogen) atoms. The van der Waals surface area contributed by atoms with Crippen molar-refractivity contribution in [2.75, 3.05) is 19.8 Å². The van der Waals surface area contributed by atoms with Crippen LogP contribution in [0.5, 0.6) is 5.75 Å². The lowest BCUT2D eigenvalue weighted by molar-refractivity contribution is -0.152. The van der Waals surface area contributed by atoms with Gasteiger partial charge < -0.3 is 18.6 Å². The Morgan fingerprint density at radius 2 is 1.86 bits per heavy atom. The summed E-state index contributed by atoms with van der Waals surface area (Å²) in [5.41, 5.74) is 1.63. The van der Waals surface area contributed by atoms with E-state index in [9.17, 15) is 9.59 Å². The molecular formula is C22H22O6. The van der Waals surface area contributed by atoms with E-state index in [-0.39, 0.29) is 6.61 Å². The second-order valence-corrected chi connectivity index (χ2v) is 6.13. The van der Waals surface area contributed by atoms with Gasteiger partial charge in [0.2, 0.25) is 0 Å². The predicted octanol–water partition coefficient (Wildman–Crippen LogP) is 3.81. The Balaban J connectivity index is 1.79. The van der Waals surface area contributed by atoms with Crippen molar-refractivity contribution in [3.63, 3.8) is 0 Å². The smallest absolute Gasteiger partial charge is 0.347 e. The highest BCUT2D eigenvalue weighted by atomic mass is 16.6. The molecule has 0 aliphatic rings. The van der Waals surface area contributed by atoms with Crippen LogP contribution in [-0.2, 0) is 14.3 Å². The molecular weight excluding hydrogens is 360 g/mol. The minimum atomic E-state index is -0.803. The molecule has 0 bridgehead atoms. The van der Waals surface area contributed by atoms with Gasteiger partial charge in [-0.25, -0.2) is 9.59 Å². The van der Waals surface area contributed by atoms with Crippen molar-refractivity contribution in [3.05, 3.63) is 65.0 Å². The Hall–Kier alpha value is -3.12. The molecule has 0 saturated carbocycles. The molecule has 6 nitrogen and oxygen atoms in total. The van der Waals surface area contributed by atoms with Crippen LogP contribution in [0.25, 0.3) is 22.1 Å². The Labute approximate surface area is 162 Å². The first-order valence-corrected chi connectivity index (χ1v) is 9.13. The molecule has 1 heterocycles. The van der Waals surface area contributed by atoms with Gasteiger partial charge in [-0.2, -0.15) is 0 Å². The van der Waals surface area contributed by atoms with Crippen LogP contribution in [0.15, 0.2) is 63.8 Å². The van der Waals surface area contributed by atoms with Gasteiger partial charge in [-0.15, -0.1) is 0 Å². The van der Waals surface area contributed by atoms with Crippen LogP contribution in [0.3, 0.4) is 0 Å². The summed E-state index contributed by atoms with van der Waals surface area (Å²) in [7, 11) is 0. The maximum absolute atomic E-state index is 12.0. The summed E-state index contributed by atoms with van der Waals surface area (Å²) in [4.78, 5) is 24.0. The van der Waals surface area contributed by atoms with Gasteiger partial charge in [-0.3, -0.25) is 0 Å². The third-order valence-electron chi connectivity index (χ3n) is 4.12. The van der Waals surface area contributed by atoms with Crippen molar-refractivity contribution in [3.8, 4) is 16.9 Å². The zero-order valence-electron chi connectivity index (χ0n) is 15.8. The van der Waals surface area contributed by atoms with Crippen molar-refractivity contribution in [1.29, 1.82) is 0 Å². The van der Waals surface area contributed by atoms with Crippen molar-refractivity contribution in [2.45, 2.75) is 20.0 Å². The van der Waals surface area contributed by atoms with E-state index >= 15 is 0 Å². The summed E-state index contributed by atoms with van der Waals surface area (Å²) in [6.07, 6.45) is -0.803. The lowest BCUT2D eigenvalue weighted by atomic mass is 10.0. The minimum absolute atomic E-state index is 0.174. The second-order valence-electron chi connectivity index (χ2n) is 6.13. The Kier molecular flexibility index (Phi) is 6.45. The van der Waals surface area contributed by atoms with Gasteiger partial charge in [0.05, 0.1) is 6.61 Å². The average Bonchev–Trinajstić information content (AvgIpc) is 2.70. The molecule has 0 saturated heterocycles. The number of benzene rings is 2. The van der Waals surface area contributed by atoms with E-state index in [1.165, 1.54) is 6.07 Å². The summed E-state index contributed by atoms with van der Waals surface area (Å²) < 4.78 is 21.2. The molecule has 0 N–H and O–H groups in total. The van der Waals surface area contributed by atoms with Gasteiger partial charge in [0, 0.05) is 24.1 Å². The highest BCUT2D eigenvalue weighted by Crippen LogP contribution is 2.29. The van der Waals surface area contributed by atoms with Gasteiger partial charge in [-0.1, -0.05) is 30.3 Å². The van der Waals surface area contributed by atoms with Crippen LogP contribution in [0.1, 0.15) is 13.8 Å². The number of carbonyl (C=O) groups is 1. The molecule has 146 valence electrons. The predicted molar refractivity (Wildman–Crippen MR) is 105 cm³/mol. The van der Waals surface area contributed by atoms with Crippen molar-refractivity contribution >= 4 is 16.9 Å². The van der Waals surface area contributed by atoms with Crippen LogP contribution in [0.4, 0.5) is 0 Å². The topological polar surface area (TPSA) is 75.0 Å². The molecule has 0 amide bonds. The van der Waals surface area contributed by atoms with Gasteiger partial charge in [0.1, 0.15) is 17.9 Å². The van der Waals surface area contributed by atoms with Gasteiger partial charge in [0.15, 0.2) is 6.10 Å². The maximum Gasteiger partial charge on any atom is 0.347 e. The van der Waals surface area contributed by atoms with Crippen molar-refractivity contribution < 1.29 is 23.4 Å². The van der Waals surface area contributed by atoms with Gasteiger partial charge >= 0.3 is 11.6 Å². The molecule has 0 fully saturated rings. The molecule has 0 radical (unpaired) electrons. The van der Waals surface area contributed by atoms with Crippen LogP contribution in [0.2, 0.25) is 0 Å². The van der Waals surface area contributed by atoms with E-state index in [4.69, 9.17) is 18.6 Å². The molecule has 0 aliphatic heterocycles. The third-order valence-corrected chi connectivity index (χ3v) is 4.12. The molecule has 0 unspecified atom stereocenters. The highest BCUT2D eigenvalue weighted by molar-refractivity contribution is 5.93. The number of carbonyl (C=O) groups excluding carboxylic acids is 1. The number of hydrogen-bond donors (Lipinski definition) is 0. The molecule has 1 atom stereocenters. The number of esters is 1. The maximum atomic E-state index is 12.0. The van der Waals surface area contributed by atoms with E-state index in [1.807, 2.05) is 43.3 Å². The molecule has 0 aliphatic carbocycles. The zero-order valence-corrected chi connectivity index (χ0v) is 15.8. The lowest BCUT2D eigenvalue weighted by Crippen LogP contribution is -2.27. The first-order chi connectivity index (χ1) is 13.6. The fourth-order valence-electron chi connectivity index (χ4n) is 2.79. The largest absolute Gasteiger partial charge is 0.479 e. The average molecular weight is 382 g/mol. The first kappa shape index (κ1) is 19.6. The number of hydrogen-bond acceptors (Lipinski definition) is 6. The summed E-state index contributed by atoms with van der Waals surface area (Å²) in [6.45, 7) is 4.56. The van der Waals surface area contributed by atoms with Crippen LogP contribution < -0.4 is 10.4 Å². The summed E-state index contributed by atoms with van der Waals surface area (Å²) in [6, 6.07) is 16.2. The van der Waals surface area contributed by atoms with Crippen LogP contribution in [0, 0.1) is 0 Å². The van der Waals surface area contributed by atoms with Crippen molar-refractivity contribution in [2.24, 2.45) is 0 Å². The molecule has 6 heteroatoms. The summed E-state index contributed by atoms with van der Waals surface area (Å²) >= 11 is 0. The zero-order chi connectivity index (χ0) is 19.9. The Bertz CT molecular complexity index is 993. The number of rotatable bonds is 8. The highest BCUT2D eigenvalue weighted by Gasteiger charge is 2.17. The number of fused-ring (bicyclic) bond motifs is 1. The normalized spacial score (nSPS) is 11.9. The summed E-state index contributed by atoms with van der Waals surface area (Å²) in [5, 5.41) is 0.782. The summed E-state index contributed by atoms with van der Waals surface area (Å²) in [5.74, 6) is -0.0746. The SMILES string of the molecule is CCOCCOC(=O)[C@H](C)Oc1ccc2c(-c3ccccc3)cc(=O)oc2c1. The van der Waals surface area contributed by atoms with E-state index in [2.05, 4.69) is 0 Å². The minimum Gasteiger partial charge on any atom is -0.479 e. The Morgan fingerprint density at radius 1 is 1.07 bits per heavy atom. The van der Waals surface area contributed by atoms with E-state index < -0.39 is 17.7 Å². The quantitative estimate of drug-likeness (QED) is 0.335. The molecule has 3 rings (SSSR count). The third kappa shape index (κ3) is 4.78. The van der Waals surface area contributed by atoms with Crippen LogP contribution in [-0.4, -0.2) is 31.9 Å². The molecule has 0 spiro atoms. The fourth-order valence-corrected chi connectivity index (χ4v) is 2.79. The van der Waals surface area contributed by atoms with Gasteiger partial charge in [-0.05, 0) is 37.1 Å². The second kappa shape index (κ2) is 9.19. The number of ether oxygens (including phenoxy) is 3.